The summed E-state index contributed by atoms with van der Waals surface area (Å²) in [6.07, 6.45) is 0. The minimum atomic E-state index is 0.149. The highest BCUT2D eigenvalue weighted by Gasteiger charge is 2.17. The fourth-order valence-electron chi connectivity index (χ4n) is 2.95. The minimum absolute atomic E-state index is 0.149. The Morgan fingerprint density at radius 2 is 1.96 bits per heavy atom. The molecule has 5 nitrogen and oxygen atoms in total. The van der Waals surface area contributed by atoms with Gasteiger partial charge in [0.05, 0.1) is 12.1 Å². The Bertz CT molecular complexity index is 896. The molecule has 1 amide bonds. The molecule has 1 aromatic heterocycles. The van der Waals surface area contributed by atoms with Gasteiger partial charge >= 0.3 is 0 Å². The fraction of sp³-hybridized carbons (Fsp3) is 0.200. The molecule has 1 aliphatic rings. The molecule has 25 heavy (non-hydrogen) atoms. The lowest BCUT2D eigenvalue weighted by Crippen LogP contribution is -2.47. The van der Waals surface area contributed by atoms with E-state index in [1.54, 1.807) is 0 Å². The van der Waals surface area contributed by atoms with Crippen molar-refractivity contribution in [3.8, 4) is 11.6 Å². The number of amides is 1. The Labute approximate surface area is 146 Å². The maximum Gasteiger partial charge on any atom is 0.236 e. The molecule has 0 unspecified atom stereocenters. The zero-order valence-corrected chi connectivity index (χ0v) is 13.8. The van der Waals surface area contributed by atoms with E-state index in [-0.39, 0.29) is 5.91 Å². The molecule has 0 radical (unpaired) electrons. The molecule has 0 bridgehead atoms. The van der Waals surface area contributed by atoms with E-state index in [1.165, 1.54) is 0 Å². The van der Waals surface area contributed by atoms with Crippen LogP contribution in [0.25, 0.3) is 10.9 Å². The van der Waals surface area contributed by atoms with Gasteiger partial charge in [0.1, 0.15) is 5.75 Å². The minimum Gasteiger partial charge on any atom is -0.439 e. The molecule has 1 fully saturated rings. The van der Waals surface area contributed by atoms with Crippen LogP contribution in [0.2, 0.25) is 0 Å². The highest BCUT2D eigenvalue weighted by Crippen LogP contribution is 2.23. The molecule has 3 aromatic rings. The first-order chi connectivity index (χ1) is 12.3. The molecule has 126 valence electrons. The van der Waals surface area contributed by atoms with Gasteiger partial charge in [-0.1, -0.05) is 24.3 Å². The molecule has 1 saturated heterocycles. The molecule has 0 spiro atoms. The number of hydrogen-bond donors (Lipinski definition) is 1. The van der Waals surface area contributed by atoms with Crippen LogP contribution in [0, 0.1) is 0 Å². The van der Waals surface area contributed by atoms with Crippen molar-refractivity contribution >= 4 is 16.8 Å². The van der Waals surface area contributed by atoms with E-state index < -0.39 is 0 Å². The summed E-state index contributed by atoms with van der Waals surface area (Å²) in [5.74, 6) is 1.49. The fourth-order valence-corrected chi connectivity index (χ4v) is 2.95. The zero-order valence-electron chi connectivity index (χ0n) is 13.8. The second-order valence-electron chi connectivity index (χ2n) is 6.08. The number of benzene rings is 2. The summed E-state index contributed by atoms with van der Waals surface area (Å²) >= 11 is 0. The summed E-state index contributed by atoms with van der Waals surface area (Å²) in [5.41, 5.74) is 1.99. The van der Waals surface area contributed by atoms with Crippen LogP contribution in [-0.2, 0) is 11.3 Å². The first-order valence-corrected chi connectivity index (χ1v) is 8.39. The highest BCUT2D eigenvalue weighted by atomic mass is 16.5. The van der Waals surface area contributed by atoms with E-state index in [1.807, 2.05) is 59.5 Å². The van der Waals surface area contributed by atoms with E-state index in [0.717, 1.165) is 35.3 Å². The average Bonchev–Trinajstić information content (AvgIpc) is 2.65. The predicted octanol–water partition coefficient (Wildman–Crippen LogP) is 2.96. The van der Waals surface area contributed by atoms with Gasteiger partial charge in [-0.25, -0.2) is 4.98 Å². The van der Waals surface area contributed by atoms with Crippen LogP contribution < -0.4 is 10.1 Å². The van der Waals surface area contributed by atoms with E-state index in [0.29, 0.717) is 19.0 Å². The first-order valence-electron chi connectivity index (χ1n) is 8.39. The van der Waals surface area contributed by atoms with Crippen molar-refractivity contribution in [1.82, 2.24) is 15.2 Å². The normalized spacial score (nSPS) is 14.7. The van der Waals surface area contributed by atoms with E-state index in [2.05, 4.69) is 16.4 Å². The van der Waals surface area contributed by atoms with Crippen LogP contribution in [-0.4, -0.2) is 35.4 Å². The molecule has 5 heteroatoms. The Balaban J connectivity index is 1.53. The molecular formula is C20H19N3O2. The summed E-state index contributed by atoms with van der Waals surface area (Å²) < 4.78 is 5.78. The number of nitrogens with one attached hydrogen (secondary N) is 1. The molecule has 0 saturated carbocycles. The molecule has 0 aliphatic carbocycles. The second-order valence-corrected chi connectivity index (χ2v) is 6.08. The zero-order chi connectivity index (χ0) is 17.1. The molecule has 0 atom stereocenters. The van der Waals surface area contributed by atoms with E-state index in [4.69, 9.17) is 4.74 Å². The van der Waals surface area contributed by atoms with Gasteiger partial charge in [0.15, 0.2) is 0 Å². The van der Waals surface area contributed by atoms with Crippen molar-refractivity contribution in [2.75, 3.05) is 19.6 Å². The molecule has 1 N–H and O–H groups in total. The number of piperazine rings is 1. The monoisotopic (exact) mass is 333 g/mol. The number of rotatable bonds is 4. The van der Waals surface area contributed by atoms with Crippen LogP contribution in [0.3, 0.4) is 0 Å². The van der Waals surface area contributed by atoms with Crippen molar-refractivity contribution in [3.05, 3.63) is 66.2 Å². The van der Waals surface area contributed by atoms with Gasteiger partial charge in [-0.2, -0.15) is 0 Å². The number of pyridine rings is 1. The van der Waals surface area contributed by atoms with Crippen LogP contribution in [0.5, 0.6) is 11.6 Å². The number of carbonyl (C=O) groups is 1. The van der Waals surface area contributed by atoms with Gasteiger partial charge in [-0.15, -0.1) is 0 Å². The van der Waals surface area contributed by atoms with Crippen LogP contribution in [0.15, 0.2) is 60.7 Å². The number of hydrogen-bond acceptors (Lipinski definition) is 4. The Hall–Kier alpha value is -2.92. The largest absolute Gasteiger partial charge is 0.439 e. The van der Waals surface area contributed by atoms with Crippen molar-refractivity contribution in [2.45, 2.75) is 6.54 Å². The summed E-state index contributed by atoms with van der Waals surface area (Å²) in [4.78, 5) is 18.4. The third-order valence-corrected chi connectivity index (χ3v) is 4.25. The summed E-state index contributed by atoms with van der Waals surface area (Å²) in [7, 11) is 0. The molecule has 2 heterocycles. The highest BCUT2D eigenvalue weighted by molar-refractivity contribution is 5.81. The van der Waals surface area contributed by atoms with Crippen LogP contribution in [0.1, 0.15) is 5.56 Å². The average molecular weight is 333 g/mol. The van der Waals surface area contributed by atoms with Gasteiger partial charge in [0, 0.05) is 31.1 Å². The quantitative estimate of drug-likeness (QED) is 0.797. The maximum atomic E-state index is 11.9. The third kappa shape index (κ3) is 3.61. The van der Waals surface area contributed by atoms with Gasteiger partial charge in [-0.3, -0.25) is 4.79 Å². The van der Waals surface area contributed by atoms with Gasteiger partial charge < -0.3 is 15.0 Å². The number of aromatic nitrogens is 1. The second kappa shape index (κ2) is 6.91. The van der Waals surface area contributed by atoms with E-state index in [9.17, 15) is 4.79 Å². The maximum absolute atomic E-state index is 11.9. The first kappa shape index (κ1) is 15.6. The lowest BCUT2D eigenvalue weighted by molar-refractivity contribution is -0.132. The van der Waals surface area contributed by atoms with Crippen molar-refractivity contribution < 1.29 is 9.53 Å². The lowest BCUT2D eigenvalue weighted by Gasteiger charge is -2.27. The Morgan fingerprint density at radius 1 is 1.08 bits per heavy atom. The third-order valence-electron chi connectivity index (χ3n) is 4.25. The summed E-state index contributed by atoms with van der Waals surface area (Å²) in [6.45, 7) is 2.66. The number of fused-ring (bicyclic) bond motifs is 1. The smallest absolute Gasteiger partial charge is 0.236 e. The summed E-state index contributed by atoms with van der Waals surface area (Å²) in [6, 6.07) is 19.6. The van der Waals surface area contributed by atoms with Crippen LogP contribution in [0.4, 0.5) is 0 Å². The van der Waals surface area contributed by atoms with Crippen molar-refractivity contribution in [3.63, 3.8) is 0 Å². The topological polar surface area (TPSA) is 54.5 Å². The molecule has 4 rings (SSSR count). The predicted molar refractivity (Wildman–Crippen MR) is 96.5 cm³/mol. The summed E-state index contributed by atoms with van der Waals surface area (Å²) in [5, 5.41) is 4.13. The van der Waals surface area contributed by atoms with Gasteiger partial charge in [0.2, 0.25) is 11.8 Å². The lowest BCUT2D eigenvalue weighted by atomic mass is 10.1. The SMILES string of the molecule is O=C1CNCCN1Cc1ccc2nc(Oc3ccccc3)ccc2c1. The Kier molecular flexibility index (Phi) is 4.31. The van der Waals surface area contributed by atoms with Gasteiger partial charge in [0.25, 0.3) is 0 Å². The number of ether oxygens (including phenoxy) is 1. The van der Waals surface area contributed by atoms with E-state index >= 15 is 0 Å². The molecule has 2 aromatic carbocycles. The number of carbonyl (C=O) groups excluding carboxylic acids is 1. The Morgan fingerprint density at radius 3 is 2.80 bits per heavy atom. The number of para-hydroxylation sites is 1. The van der Waals surface area contributed by atoms with Gasteiger partial charge in [-0.05, 0) is 35.9 Å². The molecular weight excluding hydrogens is 314 g/mol. The van der Waals surface area contributed by atoms with Crippen LogP contribution >= 0.6 is 0 Å². The number of nitrogens with zero attached hydrogens (tertiary/aromatic N) is 2. The van der Waals surface area contributed by atoms with Crippen molar-refractivity contribution in [1.29, 1.82) is 0 Å². The standard InChI is InChI=1S/C20H19N3O2/c24-20-13-21-10-11-23(20)14-15-6-8-18-16(12-15)7-9-19(22-18)25-17-4-2-1-3-5-17/h1-9,12,21H,10-11,13-14H2. The molecule has 1 aliphatic heterocycles. The van der Waals surface area contributed by atoms with Crippen molar-refractivity contribution in [2.24, 2.45) is 0 Å².